The number of rotatable bonds is 8. The van der Waals surface area contributed by atoms with Crippen LogP contribution in [0.15, 0.2) is 24.4 Å². The van der Waals surface area contributed by atoms with Crippen molar-refractivity contribution in [3.05, 3.63) is 45.7 Å². The third-order valence-corrected chi connectivity index (χ3v) is 8.07. The van der Waals surface area contributed by atoms with Crippen molar-refractivity contribution in [2.24, 2.45) is 0 Å². The molecule has 3 N–H and O–H groups in total. The molecule has 1 aliphatic heterocycles. The van der Waals surface area contributed by atoms with Crippen LogP contribution in [-0.2, 0) is 0 Å². The van der Waals surface area contributed by atoms with E-state index in [4.69, 9.17) is 26.6 Å². The number of nitrogens with zero attached hydrogens (tertiary/aromatic N) is 6. The van der Waals surface area contributed by atoms with Gasteiger partial charge in [-0.05, 0) is 31.4 Å². The first-order chi connectivity index (χ1) is 18.0. The van der Waals surface area contributed by atoms with Gasteiger partial charge in [0.2, 0.25) is 11.9 Å². The van der Waals surface area contributed by atoms with E-state index in [1.807, 2.05) is 19.1 Å². The fraction of sp³-hybridized carbons (Fsp3) is 0.480. The largest absolute Gasteiger partial charge is 0.395 e. The Morgan fingerprint density at radius 1 is 1.16 bits per heavy atom. The summed E-state index contributed by atoms with van der Waals surface area (Å²) in [5.74, 6) is 1.96. The lowest BCUT2D eigenvalue weighted by atomic mass is 10.1. The number of amides is 1. The van der Waals surface area contributed by atoms with Crippen LogP contribution in [0.1, 0.15) is 52.7 Å². The summed E-state index contributed by atoms with van der Waals surface area (Å²) >= 11 is 7.50. The van der Waals surface area contributed by atoms with E-state index >= 15 is 0 Å². The van der Waals surface area contributed by atoms with Gasteiger partial charge in [0.15, 0.2) is 5.13 Å². The Morgan fingerprint density at radius 3 is 2.68 bits per heavy atom. The first kappa shape index (κ1) is 25.8. The van der Waals surface area contributed by atoms with E-state index in [1.54, 1.807) is 6.07 Å². The summed E-state index contributed by atoms with van der Waals surface area (Å²) in [6, 6.07) is 5.49. The quantitative estimate of drug-likeness (QED) is 0.387. The maximum absolute atomic E-state index is 12.9. The highest BCUT2D eigenvalue weighted by atomic mass is 35.5. The minimum atomic E-state index is -0.273. The molecule has 10 nitrogen and oxygen atoms in total. The summed E-state index contributed by atoms with van der Waals surface area (Å²) in [7, 11) is 0. The Hall–Kier alpha value is -2.86. The molecule has 1 amide bonds. The van der Waals surface area contributed by atoms with Crippen LogP contribution in [0.3, 0.4) is 0 Å². The number of benzene rings is 1. The Kier molecular flexibility index (Phi) is 8.14. The van der Waals surface area contributed by atoms with Gasteiger partial charge in [-0.1, -0.05) is 47.9 Å². The van der Waals surface area contributed by atoms with E-state index in [1.165, 1.54) is 30.4 Å². The number of aliphatic hydroxyl groups excluding tert-OH is 1. The van der Waals surface area contributed by atoms with Crippen molar-refractivity contribution in [1.29, 1.82) is 0 Å². The average molecular weight is 543 g/mol. The molecule has 1 saturated carbocycles. The average Bonchev–Trinajstić information content (AvgIpc) is 3.60. The zero-order chi connectivity index (χ0) is 25.8. The molecule has 0 unspecified atom stereocenters. The highest BCUT2D eigenvalue weighted by Crippen LogP contribution is 2.34. The Morgan fingerprint density at radius 2 is 1.95 bits per heavy atom. The van der Waals surface area contributed by atoms with Gasteiger partial charge in [-0.15, -0.1) is 0 Å². The fourth-order valence-electron chi connectivity index (χ4n) is 4.76. The molecule has 2 fully saturated rings. The Labute approximate surface area is 225 Å². The molecule has 5 rings (SSSR count). The second-order valence-electron chi connectivity index (χ2n) is 9.39. The SMILES string of the molecule is Cc1cccc(Cl)c1NC(=O)c1cnc(Nc2nc(C3CCCC3)nc(N3CCN(CCO)CC3)n2)s1. The van der Waals surface area contributed by atoms with Gasteiger partial charge in [-0.25, -0.2) is 4.98 Å². The molecule has 3 aromatic rings. The van der Waals surface area contributed by atoms with E-state index < -0.39 is 0 Å². The number of nitrogens with one attached hydrogen (secondary N) is 2. The van der Waals surface area contributed by atoms with Gasteiger partial charge in [0.1, 0.15) is 10.7 Å². The summed E-state index contributed by atoms with van der Waals surface area (Å²) in [6.45, 7) is 6.02. The molecule has 1 aliphatic carbocycles. The van der Waals surface area contributed by atoms with E-state index in [-0.39, 0.29) is 12.5 Å². The number of aliphatic hydroxyl groups is 1. The smallest absolute Gasteiger partial charge is 0.267 e. The molecule has 2 aliphatic rings. The van der Waals surface area contributed by atoms with Crippen LogP contribution in [0.4, 0.5) is 22.7 Å². The van der Waals surface area contributed by atoms with Crippen LogP contribution in [0, 0.1) is 6.92 Å². The van der Waals surface area contributed by atoms with E-state index in [0.717, 1.165) is 50.4 Å². The van der Waals surface area contributed by atoms with Crippen molar-refractivity contribution >= 4 is 51.6 Å². The summed E-state index contributed by atoms with van der Waals surface area (Å²) in [5, 5.41) is 16.4. The van der Waals surface area contributed by atoms with Gasteiger partial charge in [-0.3, -0.25) is 15.0 Å². The minimum Gasteiger partial charge on any atom is -0.395 e. The number of carbonyl (C=O) groups is 1. The molecular formula is C25H31ClN8O2S. The first-order valence-electron chi connectivity index (χ1n) is 12.6. The van der Waals surface area contributed by atoms with Crippen LogP contribution in [-0.4, -0.2) is 75.2 Å². The Bertz CT molecular complexity index is 1220. The molecule has 196 valence electrons. The molecule has 1 saturated heterocycles. The normalized spacial score (nSPS) is 16.8. The highest BCUT2D eigenvalue weighted by molar-refractivity contribution is 7.17. The number of carbonyl (C=O) groups excluding carboxylic acids is 1. The summed E-state index contributed by atoms with van der Waals surface area (Å²) in [6.07, 6.45) is 6.07. The van der Waals surface area contributed by atoms with Crippen molar-refractivity contribution in [1.82, 2.24) is 24.8 Å². The van der Waals surface area contributed by atoms with Crippen LogP contribution >= 0.6 is 22.9 Å². The van der Waals surface area contributed by atoms with Crippen molar-refractivity contribution < 1.29 is 9.90 Å². The molecule has 2 aromatic heterocycles. The number of hydrogen-bond donors (Lipinski definition) is 3. The third-order valence-electron chi connectivity index (χ3n) is 6.84. The predicted octanol–water partition coefficient (Wildman–Crippen LogP) is 4.06. The van der Waals surface area contributed by atoms with Gasteiger partial charge in [0, 0.05) is 38.6 Å². The molecule has 0 radical (unpaired) electrons. The lowest BCUT2D eigenvalue weighted by molar-refractivity contribution is 0.103. The number of piperazine rings is 1. The molecule has 3 heterocycles. The number of hydrogen-bond acceptors (Lipinski definition) is 10. The molecule has 12 heteroatoms. The minimum absolute atomic E-state index is 0.164. The molecule has 0 spiro atoms. The number of thiazole rings is 1. The van der Waals surface area contributed by atoms with Gasteiger partial charge in [-0.2, -0.15) is 15.0 Å². The van der Waals surface area contributed by atoms with E-state index in [0.29, 0.717) is 45.1 Å². The second-order valence-corrected chi connectivity index (χ2v) is 10.8. The summed E-state index contributed by atoms with van der Waals surface area (Å²) < 4.78 is 0. The summed E-state index contributed by atoms with van der Waals surface area (Å²) in [4.78, 5) is 36.4. The maximum atomic E-state index is 12.9. The van der Waals surface area contributed by atoms with Crippen LogP contribution in [0.2, 0.25) is 5.02 Å². The monoisotopic (exact) mass is 542 g/mol. The van der Waals surface area contributed by atoms with Crippen LogP contribution in [0.25, 0.3) is 0 Å². The highest BCUT2D eigenvalue weighted by Gasteiger charge is 2.25. The van der Waals surface area contributed by atoms with Crippen LogP contribution < -0.4 is 15.5 Å². The van der Waals surface area contributed by atoms with Crippen molar-refractivity contribution in [3.63, 3.8) is 0 Å². The lowest BCUT2D eigenvalue weighted by Gasteiger charge is -2.34. The topological polar surface area (TPSA) is 119 Å². The second kappa shape index (κ2) is 11.7. The molecular weight excluding hydrogens is 512 g/mol. The third kappa shape index (κ3) is 6.18. The number of β-amino-alcohol motifs (C(OH)–C–C–N with tert-alkyl or cyclic N) is 1. The lowest BCUT2D eigenvalue weighted by Crippen LogP contribution is -2.47. The van der Waals surface area contributed by atoms with E-state index in [9.17, 15) is 9.90 Å². The number of halogens is 1. The summed E-state index contributed by atoms with van der Waals surface area (Å²) in [5.41, 5.74) is 1.48. The molecule has 37 heavy (non-hydrogen) atoms. The number of anilines is 4. The van der Waals surface area contributed by atoms with Gasteiger partial charge < -0.3 is 15.3 Å². The van der Waals surface area contributed by atoms with Crippen molar-refractivity contribution in [2.75, 3.05) is 54.9 Å². The predicted molar refractivity (Wildman–Crippen MR) is 146 cm³/mol. The maximum Gasteiger partial charge on any atom is 0.267 e. The number of aromatic nitrogens is 4. The van der Waals surface area contributed by atoms with E-state index in [2.05, 4.69) is 25.4 Å². The number of aryl methyl sites for hydroxylation is 1. The van der Waals surface area contributed by atoms with Crippen molar-refractivity contribution in [2.45, 2.75) is 38.5 Å². The van der Waals surface area contributed by atoms with Gasteiger partial charge in [0.25, 0.3) is 5.91 Å². The van der Waals surface area contributed by atoms with Crippen molar-refractivity contribution in [3.8, 4) is 0 Å². The standard InChI is InChI=1S/C25H31ClN8O2S/c1-16-5-4-8-18(26)20(16)28-22(36)19-15-27-25(37-19)32-23-29-21(17-6-2-3-7-17)30-24(31-23)34-11-9-33(10-12-34)13-14-35/h4-5,8,15,17,35H,2-3,6-7,9-14H2,1H3,(H,28,36)(H,27,29,30,31,32). The molecule has 0 atom stereocenters. The first-order valence-corrected chi connectivity index (χ1v) is 13.8. The van der Waals surface area contributed by atoms with Gasteiger partial charge >= 0.3 is 0 Å². The number of para-hydroxylation sites is 1. The zero-order valence-corrected chi connectivity index (χ0v) is 22.4. The molecule has 0 bridgehead atoms. The van der Waals surface area contributed by atoms with Gasteiger partial charge in [0.05, 0.1) is 23.5 Å². The zero-order valence-electron chi connectivity index (χ0n) is 20.8. The fourth-order valence-corrected chi connectivity index (χ4v) is 5.73. The Balaban J connectivity index is 1.33. The van der Waals surface area contributed by atoms with Crippen LogP contribution in [0.5, 0.6) is 0 Å². The molecule has 1 aromatic carbocycles.